The van der Waals surface area contributed by atoms with Gasteiger partial charge in [0.2, 0.25) is 0 Å². The predicted octanol–water partition coefficient (Wildman–Crippen LogP) is 1.20. The normalized spacial score (nSPS) is 10.5. The van der Waals surface area contributed by atoms with E-state index in [0.717, 1.165) is 16.7 Å². The average molecular weight is 230 g/mol. The van der Waals surface area contributed by atoms with Crippen molar-refractivity contribution in [3.63, 3.8) is 0 Å². The summed E-state index contributed by atoms with van der Waals surface area (Å²) in [5, 5.41) is 4.10. The van der Waals surface area contributed by atoms with Gasteiger partial charge in [0.15, 0.2) is 0 Å². The molecule has 0 atom stereocenters. The molecule has 0 spiro atoms. The maximum absolute atomic E-state index is 11.4. The lowest BCUT2D eigenvalue weighted by molar-refractivity contribution is 0.0999. The van der Waals surface area contributed by atoms with Crippen LogP contribution in [0.5, 0.6) is 0 Å². The van der Waals surface area contributed by atoms with Gasteiger partial charge in [0.25, 0.3) is 5.91 Å². The Balaban J connectivity index is 2.65. The van der Waals surface area contributed by atoms with E-state index >= 15 is 0 Å². The molecule has 0 aliphatic carbocycles. The number of nitrogens with two attached hydrogens (primary N) is 1. The van der Waals surface area contributed by atoms with Gasteiger partial charge in [0, 0.05) is 30.6 Å². The van der Waals surface area contributed by atoms with Crippen LogP contribution in [-0.4, -0.2) is 20.7 Å². The average Bonchev–Trinajstić information content (AvgIpc) is 2.64. The van der Waals surface area contributed by atoms with Crippen LogP contribution in [0, 0.1) is 13.8 Å². The highest BCUT2D eigenvalue weighted by molar-refractivity contribution is 5.97. The highest BCUT2D eigenvalue weighted by Crippen LogP contribution is 2.25. The fraction of sp³-hybridized carbons (Fsp3) is 0.250. The van der Waals surface area contributed by atoms with Crippen LogP contribution in [0.15, 0.2) is 18.6 Å². The Bertz CT molecular complexity index is 586. The van der Waals surface area contributed by atoms with Gasteiger partial charge in [-0.2, -0.15) is 5.10 Å². The van der Waals surface area contributed by atoms with Gasteiger partial charge in [-0.3, -0.25) is 14.5 Å². The van der Waals surface area contributed by atoms with E-state index in [0.29, 0.717) is 11.3 Å². The molecule has 1 amide bonds. The van der Waals surface area contributed by atoms with Crippen molar-refractivity contribution < 1.29 is 4.79 Å². The van der Waals surface area contributed by atoms with Crippen molar-refractivity contribution in [2.24, 2.45) is 12.8 Å². The van der Waals surface area contributed by atoms with Crippen molar-refractivity contribution in [1.29, 1.82) is 0 Å². The van der Waals surface area contributed by atoms with Gasteiger partial charge in [-0.1, -0.05) is 0 Å². The molecule has 5 nitrogen and oxygen atoms in total. The van der Waals surface area contributed by atoms with Crippen molar-refractivity contribution in [3.8, 4) is 11.1 Å². The summed E-state index contributed by atoms with van der Waals surface area (Å²) >= 11 is 0. The lowest BCUT2D eigenvalue weighted by atomic mass is 9.99. The minimum atomic E-state index is -0.446. The fourth-order valence-electron chi connectivity index (χ4n) is 1.94. The van der Waals surface area contributed by atoms with Gasteiger partial charge < -0.3 is 5.73 Å². The number of rotatable bonds is 2. The number of pyridine rings is 1. The first-order chi connectivity index (χ1) is 8.00. The zero-order chi connectivity index (χ0) is 12.6. The molecule has 0 bridgehead atoms. The molecule has 2 aromatic rings. The van der Waals surface area contributed by atoms with Crippen molar-refractivity contribution in [3.05, 3.63) is 35.4 Å². The molecule has 0 aliphatic heterocycles. The molecule has 5 heteroatoms. The lowest BCUT2D eigenvalue weighted by Crippen LogP contribution is -2.16. The number of hydrogen-bond donors (Lipinski definition) is 1. The Morgan fingerprint density at radius 3 is 2.59 bits per heavy atom. The minimum absolute atomic E-state index is 0.446. The van der Waals surface area contributed by atoms with Crippen LogP contribution in [0.2, 0.25) is 0 Å². The molecule has 2 heterocycles. The van der Waals surface area contributed by atoms with Crippen LogP contribution in [0.4, 0.5) is 0 Å². The van der Waals surface area contributed by atoms with E-state index in [9.17, 15) is 4.79 Å². The van der Waals surface area contributed by atoms with Crippen molar-refractivity contribution in [2.45, 2.75) is 13.8 Å². The summed E-state index contributed by atoms with van der Waals surface area (Å²) in [5.41, 5.74) is 9.18. The molecule has 2 rings (SSSR count). The third-order valence-corrected chi connectivity index (χ3v) is 2.79. The third kappa shape index (κ3) is 1.91. The van der Waals surface area contributed by atoms with Gasteiger partial charge in [-0.05, 0) is 19.4 Å². The molecule has 17 heavy (non-hydrogen) atoms. The summed E-state index contributed by atoms with van der Waals surface area (Å²) in [6.07, 6.45) is 5.36. The standard InChI is InChI=1S/C12H14N4O/c1-7-10(9-4-15-16(3)6-9)5-14-8(2)11(7)12(13)17/h4-6H,1-3H3,(H2,13,17). The van der Waals surface area contributed by atoms with Gasteiger partial charge >= 0.3 is 0 Å². The number of hydrogen-bond acceptors (Lipinski definition) is 3. The maximum Gasteiger partial charge on any atom is 0.250 e. The van der Waals surface area contributed by atoms with Crippen LogP contribution in [0.1, 0.15) is 21.6 Å². The largest absolute Gasteiger partial charge is 0.366 e. The molecule has 0 fully saturated rings. The van der Waals surface area contributed by atoms with Crippen molar-refractivity contribution in [2.75, 3.05) is 0 Å². The fourth-order valence-corrected chi connectivity index (χ4v) is 1.94. The quantitative estimate of drug-likeness (QED) is 0.842. The van der Waals surface area contributed by atoms with Crippen LogP contribution in [0.25, 0.3) is 11.1 Å². The van der Waals surface area contributed by atoms with E-state index in [1.165, 1.54) is 0 Å². The second-order valence-corrected chi connectivity index (χ2v) is 4.02. The number of carbonyl (C=O) groups excluding carboxylic acids is 1. The molecule has 0 saturated heterocycles. The monoisotopic (exact) mass is 230 g/mol. The zero-order valence-electron chi connectivity index (χ0n) is 10.1. The summed E-state index contributed by atoms with van der Waals surface area (Å²) in [7, 11) is 1.84. The maximum atomic E-state index is 11.4. The van der Waals surface area contributed by atoms with Gasteiger partial charge in [0.1, 0.15) is 0 Å². The summed E-state index contributed by atoms with van der Waals surface area (Å²) in [6, 6.07) is 0. The first-order valence-electron chi connectivity index (χ1n) is 5.25. The van der Waals surface area contributed by atoms with E-state index < -0.39 is 5.91 Å². The molecular weight excluding hydrogens is 216 g/mol. The first-order valence-corrected chi connectivity index (χ1v) is 5.25. The van der Waals surface area contributed by atoms with E-state index in [2.05, 4.69) is 10.1 Å². The van der Waals surface area contributed by atoms with Gasteiger partial charge in [0.05, 0.1) is 17.5 Å². The molecule has 0 unspecified atom stereocenters. The third-order valence-electron chi connectivity index (χ3n) is 2.79. The summed E-state index contributed by atoms with van der Waals surface area (Å²) in [6.45, 7) is 3.65. The van der Waals surface area contributed by atoms with Crippen LogP contribution in [-0.2, 0) is 7.05 Å². The highest BCUT2D eigenvalue weighted by atomic mass is 16.1. The number of aromatic nitrogens is 3. The lowest BCUT2D eigenvalue weighted by Gasteiger charge is -2.09. The second-order valence-electron chi connectivity index (χ2n) is 4.02. The first kappa shape index (κ1) is 11.3. The Labute approximate surface area is 99.3 Å². The number of amides is 1. The van der Waals surface area contributed by atoms with Crippen LogP contribution >= 0.6 is 0 Å². The molecule has 2 N–H and O–H groups in total. The van der Waals surface area contributed by atoms with E-state index in [1.54, 1.807) is 24.0 Å². The molecule has 0 aromatic carbocycles. The second kappa shape index (κ2) is 4.01. The Kier molecular flexibility index (Phi) is 2.67. The van der Waals surface area contributed by atoms with E-state index in [4.69, 9.17) is 5.73 Å². The van der Waals surface area contributed by atoms with Gasteiger partial charge in [-0.25, -0.2) is 0 Å². The van der Waals surface area contributed by atoms with E-state index in [1.807, 2.05) is 20.2 Å². The van der Waals surface area contributed by atoms with Crippen LogP contribution < -0.4 is 5.73 Å². The number of primary amides is 1. The summed E-state index contributed by atoms with van der Waals surface area (Å²) < 4.78 is 1.71. The summed E-state index contributed by atoms with van der Waals surface area (Å²) in [4.78, 5) is 15.6. The Morgan fingerprint density at radius 2 is 2.06 bits per heavy atom. The molecule has 0 saturated carbocycles. The van der Waals surface area contributed by atoms with Gasteiger partial charge in [-0.15, -0.1) is 0 Å². The zero-order valence-corrected chi connectivity index (χ0v) is 10.1. The Morgan fingerprint density at radius 1 is 1.35 bits per heavy atom. The van der Waals surface area contributed by atoms with E-state index in [-0.39, 0.29) is 0 Å². The highest BCUT2D eigenvalue weighted by Gasteiger charge is 2.15. The minimum Gasteiger partial charge on any atom is -0.366 e. The topological polar surface area (TPSA) is 73.8 Å². The molecule has 2 aromatic heterocycles. The Hall–Kier alpha value is -2.17. The SMILES string of the molecule is Cc1ncc(-c2cnn(C)c2)c(C)c1C(N)=O. The van der Waals surface area contributed by atoms with Crippen molar-refractivity contribution in [1.82, 2.24) is 14.8 Å². The van der Waals surface area contributed by atoms with Crippen LogP contribution in [0.3, 0.4) is 0 Å². The molecular formula is C12H14N4O. The number of aryl methyl sites for hydroxylation is 2. The molecule has 0 aliphatic rings. The predicted molar refractivity (Wildman–Crippen MR) is 64.4 cm³/mol. The summed E-state index contributed by atoms with van der Waals surface area (Å²) in [5.74, 6) is -0.446. The van der Waals surface area contributed by atoms with Crippen molar-refractivity contribution >= 4 is 5.91 Å². The molecule has 0 radical (unpaired) electrons. The number of nitrogens with zero attached hydrogens (tertiary/aromatic N) is 3. The smallest absolute Gasteiger partial charge is 0.250 e. The molecule has 88 valence electrons. The number of carbonyl (C=O) groups is 1.